The van der Waals surface area contributed by atoms with Gasteiger partial charge in [0.15, 0.2) is 0 Å². The van der Waals surface area contributed by atoms with E-state index in [-0.39, 0.29) is 11.8 Å². The van der Waals surface area contributed by atoms with E-state index in [0.29, 0.717) is 18.1 Å². The lowest BCUT2D eigenvalue weighted by Crippen LogP contribution is -2.41. The molecule has 5 heteroatoms. The van der Waals surface area contributed by atoms with Crippen molar-refractivity contribution >= 4 is 17.5 Å². The minimum absolute atomic E-state index is 0.0580. The summed E-state index contributed by atoms with van der Waals surface area (Å²) in [5.74, 6) is 0.189. The van der Waals surface area contributed by atoms with E-state index in [2.05, 4.69) is 10.2 Å². The Bertz CT molecular complexity index is 698. The Hall–Kier alpha value is -1.88. The summed E-state index contributed by atoms with van der Waals surface area (Å²) in [7, 11) is 0. The Kier molecular flexibility index (Phi) is 6.67. The van der Waals surface area contributed by atoms with Crippen molar-refractivity contribution < 1.29 is 9.90 Å². The van der Waals surface area contributed by atoms with Gasteiger partial charge >= 0.3 is 0 Å². The molecule has 3 rings (SSSR count). The summed E-state index contributed by atoms with van der Waals surface area (Å²) in [6.07, 6.45) is 1.12. The SMILES string of the molecule is O=C(NCc1ccccc1)C1CCN(C[C@@H](O)c2ccc(Cl)cc2)CC1. The minimum atomic E-state index is -0.532. The molecule has 0 bridgehead atoms. The number of likely N-dealkylation sites (tertiary alicyclic amines) is 1. The van der Waals surface area contributed by atoms with Crippen LogP contribution in [0, 0.1) is 5.92 Å². The number of β-amino-alcohol motifs (C(OH)–C–C–N with tert-alkyl or cyclic N) is 1. The van der Waals surface area contributed by atoms with Crippen molar-refractivity contribution in [3.63, 3.8) is 0 Å². The first kappa shape index (κ1) is 18.9. The zero-order valence-electron chi connectivity index (χ0n) is 14.8. The second kappa shape index (κ2) is 9.17. The lowest BCUT2D eigenvalue weighted by molar-refractivity contribution is -0.126. The monoisotopic (exact) mass is 372 g/mol. The van der Waals surface area contributed by atoms with Gasteiger partial charge in [0.1, 0.15) is 0 Å². The van der Waals surface area contributed by atoms with Crippen molar-refractivity contribution in [3.05, 3.63) is 70.7 Å². The van der Waals surface area contributed by atoms with Crippen LogP contribution >= 0.6 is 11.6 Å². The van der Waals surface area contributed by atoms with Gasteiger partial charge in [0.05, 0.1) is 6.10 Å². The number of hydrogen-bond donors (Lipinski definition) is 2. The zero-order chi connectivity index (χ0) is 18.4. The van der Waals surface area contributed by atoms with E-state index in [4.69, 9.17) is 11.6 Å². The number of nitrogens with zero attached hydrogens (tertiary/aromatic N) is 1. The molecule has 138 valence electrons. The van der Waals surface area contributed by atoms with Crippen LogP contribution in [-0.4, -0.2) is 35.5 Å². The van der Waals surface area contributed by atoms with Crippen molar-refractivity contribution in [2.45, 2.75) is 25.5 Å². The number of aliphatic hydroxyl groups excluding tert-OH is 1. The number of piperidine rings is 1. The molecule has 1 saturated heterocycles. The predicted octanol–water partition coefficient (Wildman–Crippen LogP) is 3.40. The molecule has 4 nitrogen and oxygen atoms in total. The van der Waals surface area contributed by atoms with Crippen LogP contribution < -0.4 is 5.32 Å². The predicted molar refractivity (Wildman–Crippen MR) is 104 cm³/mol. The van der Waals surface area contributed by atoms with Crippen molar-refractivity contribution in [1.82, 2.24) is 10.2 Å². The Labute approximate surface area is 159 Å². The van der Waals surface area contributed by atoms with Crippen LogP contribution in [0.1, 0.15) is 30.1 Å². The van der Waals surface area contributed by atoms with Crippen LogP contribution in [0.25, 0.3) is 0 Å². The number of amides is 1. The number of rotatable bonds is 6. The topological polar surface area (TPSA) is 52.6 Å². The first-order valence-corrected chi connectivity index (χ1v) is 9.47. The van der Waals surface area contributed by atoms with E-state index in [1.165, 1.54) is 0 Å². The molecule has 1 aliphatic heterocycles. The van der Waals surface area contributed by atoms with E-state index in [9.17, 15) is 9.90 Å². The molecule has 0 aromatic heterocycles. The largest absolute Gasteiger partial charge is 0.387 e. The highest BCUT2D eigenvalue weighted by molar-refractivity contribution is 6.30. The fraction of sp³-hybridized carbons (Fsp3) is 0.381. The zero-order valence-corrected chi connectivity index (χ0v) is 15.5. The van der Waals surface area contributed by atoms with Gasteiger partial charge < -0.3 is 15.3 Å². The second-order valence-corrected chi connectivity index (χ2v) is 7.28. The van der Waals surface area contributed by atoms with E-state index in [1.54, 1.807) is 12.1 Å². The summed E-state index contributed by atoms with van der Waals surface area (Å²) >= 11 is 5.89. The molecule has 0 unspecified atom stereocenters. The van der Waals surface area contributed by atoms with Crippen LogP contribution in [0.5, 0.6) is 0 Å². The maximum atomic E-state index is 12.4. The lowest BCUT2D eigenvalue weighted by Gasteiger charge is -2.32. The molecule has 0 aliphatic carbocycles. The van der Waals surface area contributed by atoms with Gasteiger partial charge in [-0.15, -0.1) is 0 Å². The molecule has 0 saturated carbocycles. The number of carbonyl (C=O) groups excluding carboxylic acids is 1. The Balaban J connectivity index is 1.42. The third-order valence-corrected chi connectivity index (χ3v) is 5.21. The van der Waals surface area contributed by atoms with Gasteiger partial charge in [0, 0.05) is 24.0 Å². The third-order valence-electron chi connectivity index (χ3n) is 4.95. The summed E-state index contributed by atoms with van der Waals surface area (Å²) in [5, 5.41) is 14.1. The van der Waals surface area contributed by atoms with Gasteiger partial charge in [-0.3, -0.25) is 4.79 Å². The van der Waals surface area contributed by atoms with Crippen molar-refractivity contribution in [2.24, 2.45) is 5.92 Å². The molecule has 2 aromatic rings. The molecule has 1 aliphatic rings. The van der Waals surface area contributed by atoms with Crippen LogP contribution in [0.2, 0.25) is 5.02 Å². The van der Waals surface area contributed by atoms with Gasteiger partial charge in [0.2, 0.25) is 5.91 Å². The second-order valence-electron chi connectivity index (χ2n) is 6.85. The average Bonchev–Trinajstić information content (AvgIpc) is 2.68. The molecule has 26 heavy (non-hydrogen) atoms. The molecule has 1 atom stereocenters. The standard InChI is InChI=1S/C21H25ClN2O2/c22-19-8-6-17(7-9-19)20(25)15-24-12-10-18(11-13-24)21(26)23-14-16-4-2-1-3-5-16/h1-9,18,20,25H,10-15H2,(H,23,26)/t20-/m1/s1. The smallest absolute Gasteiger partial charge is 0.223 e. The quantitative estimate of drug-likeness (QED) is 0.817. The van der Waals surface area contributed by atoms with E-state index in [1.807, 2.05) is 42.5 Å². The maximum Gasteiger partial charge on any atom is 0.223 e. The average molecular weight is 373 g/mol. The Morgan fingerprint density at radius 1 is 1.12 bits per heavy atom. The van der Waals surface area contributed by atoms with Gasteiger partial charge in [-0.05, 0) is 49.2 Å². The van der Waals surface area contributed by atoms with Crippen LogP contribution in [0.4, 0.5) is 0 Å². The fourth-order valence-corrected chi connectivity index (χ4v) is 3.47. The van der Waals surface area contributed by atoms with E-state index in [0.717, 1.165) is 37.1 Å². The lowest BCUT2D eigenvalue weighted by atomic mass is 9.95. The highest BCUT2D eigenvalue weighted by atomic mass is 35.5. The molecule has 2 N–H and O–H groups in total. The molecular formula is C21H25ClN2O2. The number of carbonyl (C=O) groups is 1. The molecule has 1 fully saturated rings. The van der Waals surface area contributed by atoms with Gasteiger partial charge in [-0.25, -0.2) is 0 Å². The summed E-state index contributed by atoms with van der Waals surface area (Å²) < 4.78 is 0. The first-order chi connectivity index (χ1) is 12.6. The number of halogens is 1. The highest BCUT2D eigenvalue weighted by Gasteiger charge is 2.26. The number of hydrogen-bond acceptors (Lipinski definition) is 3. The normalized spacial score (nSPS) is 17.0. The third kappa shape index (κ3) is 5.31. The molecule has 0 radical (unpaired) electrons. The fourth-order valence-electron chi connectivity index (χ4n) is 3.34. The van der Waals surface area contributed by atoms with Crippen LogP contribution in [0.15, 0.2) is 54.6 Å². The summed E-state index contributed by atoms with van der Waals surface area (Å²) in [5.41, 5.74) is 1.99. The summed E-state index contributed by atoms with van der Waals surface area (Å²) in [6.45, 7) is 2.82. The maximum absolute atomic E-state index is 12.4. The number of benzene rings is 2. The molecule has 0 spiro atoms. The van der Waals surface area contributed by atoms with Gasteiger partial charge in [-0.1, -0.05) is 54.1 Å². The Morgan fingerprint density at radius 3 is 2.42 bits per heavy atom. The van der Waals surface area contributed by atoms with Crippen molar-refractivity contribution in [1.29, 1.82) is 0 Å². The Morgan fingerprint density at radius 2 is 1.77 bits per heavy atom. The minimum Gasteiger partial charge on any atom is -0.387 e. The van der Waals surface area contributed by atoms with Gasteiger partial charge in [0.25, 0.3) is 0 Å². The molecule has 1 heterocycles. The van der Waals surface area contributed by atoms with Crippen LogP contribution in [-0.2, 0) is 11.3 Å². The van der Waals surface area contributed by atoms with Crippen molar-refractivity contribution in [3.8, 4) is 0 Å². The van der Waals surface area contributed by atoms with E-state index < -0.39 is 6.10 Å². The first-order valence-electron chi connectivity index (χ1n) is 9.09. The highest BCUT2D eigenvalue weighted by Crippen LogP contribution is 2.22. The number of nitrogens with one attached hydrogen (secondary N) is 1. The summed E-state index contributed by atoms with van der Waals surface area (Å²) in [4.78, 5) is 14.6. The van der Waals surface area contributed by atoms with Crippen molar-refractivity contribution in [2.75, 3.05) is 19.6 Å². The molecular weight excluding hydrogens is 348 g/mol. The molecule has 2 aromatic carbocycles. The summed E-state index contributed by atoms with van der Waals surface area (Å²) in [6, 6.07) is 17.3. The molecule has 1 amide bonds. The van der Waals surface area contributed by atoms with Gasteiger partial charge in [-0.2, -0.15) is 0 Å². The van der Waals surface area contributed by atoms with E-state index >= 15 is 0 Å². The number of aliphatic hydroxyl groups is 1. The van der Waals surface area contributed by atoms with Crippen LogP contribution in [0.3, 0.4) is 0 Å².